The van der Waals surface area contributed by atoms with Crippen molar-refractivity contribution in [1.29, 1.82) is 0 Å². The lowest BCUT2D eigenvalue weighted by atomic mass is 9.99. The Morgan fingerprint density at radius 3 is 1.75 bits per heavy atom. The maximum absolute atomic E-state index is 13.3. The lowest BCUT2D eigenvalue weighted by molar-refractivity contribution is -0.267. The fraction of sp³-hybridized carbons (Fsp3) is 0.317. The first kappa shape index (κ1) is 37.3. The summed E-state index contributed by atoms with van der Waals surface area (Å²) in [4.78, 5) is 26.4. The maximum atomic E-state index is 13.3. The molecule has 11 heteroatoms. The zero-order valence-electron chi connectivity index (χ0n) is 28.9. The first-order chi connectivity index (χ1) is 25.5. The van der Waals surface area contributed by atoms with Crippen LogP contribution in [0.3, 0.4) is 0 Å². The standard InChI is InChI=1S/C41H43NO9S/c1-45-40(44)37-33(22-32(42)39(43)49-26-31-20-12-5-13-21-31)50-41-38(52-37)36(48-25-30-18-10-4-11-19-30)35(47-24-29-16-8-3-9-17-29)34(51-41)27-46-23-28-14-6-2-7-15-28/h2-21,32,34-36,38,41H,22-27,42H2,1H3/t32-,34+,35+,36-,38+,41-/m0/s1. The van der Waals surface area contributed by atoms with E-state index in [1.165, 1.54) is 18.9 Å². The molecular formula is C41H43NO9S. The van der Waals surface area contributed by atoms with Gasteiger partial charge in [0, 0.05) is 6.42 Å². The van der Waals surface area contributed by atoms with E-state index in [9.17, 15) is 9.59 Å². The maximum Gasteiger partial charge on any atom is 0.347 e. The van der Waals surface area contributed by atoms with E-state index in [0.29, 0.717) is 13.2 Å². The van der Waals surface area contributed by atoms with Gasteiger partial charge in [-0.3, -0.25) is 4.79 Å². The largest absolute Gasteiger partial charge is 0.466 e. The highest BCUT2D eigenvalue weighted by molar-refractivity contribution is 8.04. The lowest BCUT2D eigenvalue weighted by Crippen LogP contribution is -2.61. The molecule has 2 aliphatic heterocycles. The summed E-state index contributed by atoms with van der Waals surface area (Å²) in [6.07, 6.45) is -2.88. The summed E-state index contributed by atoms with van der Waals surface area (Å²) in [5, 5.41) is -0.561. The number of thioether (sulfide) groups is 1. The molecule has 272 valence electrons. The highest BCUT2D eigenvalue weighted by atomic mass is 32.2. The second kappa shape index (κ2) is 18.8. The topological polar surface area (TPSA) is 125 Å². The van der Waals surface area contributed by atoms with Crippen molar-refractivity contribution in [1.82, 2.24) is 0 Å². The smallest absolute Gasteiger partial charge is 0.347 e. The third-order valence-electron chi connectivity index (χ3n) is 8.62. The highest BCUT2D eigenvalue weighted by Gasteiger charge is 2.52. The molecule has 4 aromatic rings. The molecule has 2 N–H and O–H groups in total. The number of nitrogens with two attached hydrogens (primary N) is 1. The van der Waals surface area contributed by atoms with Crippen molar-refractivity contribution < 1.29 is 42.7 Å². The fourth-order valence-electron chi connectivity index (χ4n) is 5.93. The molecule has 0 saturated carbocycles. The minimum absolute atomic E-state index is 0.0646. The van der Waals surface area contributed by atoms with Crippen LogP contribution in [0.2, 0.25) is 0 Å². The van der Waals surface area contributed by atoms with Gasteiger partial charge in [-0.15, -0.1) is 11.8 Å². The van der Waals surface area contributed by atoms with E-state index < -0.39 is 47.8 Å². The Hall–Kier alpha value is -4.49. The predicted molar refractivity (Wildman–Crippen MR) is 195 cm³/mol. The summed E-state index contributed by atoms with van der Waals surface area (Å²) in [5.41, 5.74) is 10.1. The zero-order valence-corrected chi connectivity index (χ0v) is 29.7. The summed E-state index contributed by atoms with van der Waals surface area (Å²) in [6.45, 7) is 1.17. The Labute approximate surface area is 308 Å². The second-order valence-electron chi connectivity index (χ2n) is 12.4. The molecule has 10 nitrogen and oxygen atoms in total. The highest BCUT2D eigenvalue weighted by Crippen LogP contribution is 2.45. The third-order valence-corrected chi connectivity index (χ3v) is 10.0. The van der Waals surface area contributed by atoms with Crippen LogP contribution in [0.1, 0.15) is 28.7 Å². The molecule has 0 spiro atoms. The van der Waals surface area contributed by atoms with Crippen molar-refractivity contribution in [2.45, 2.75) is 68.7 Å². The molecule has 4 aromatic carbocycles. The second-order valence-corrected chi connectivity index (χ2v) is 13.6. The monoisotopic (exact) mass is 725 g/mol. The normalized spacial score (nSPS) is 21.8. The van der Waals surface area contributed by atoms with Crippen molar-refractivity contribution in [3.63, 3.8) is 0 Å². The van der Waals surface area contributed by atoms with Gasteiger partial charge in [-0.1, -0.05) is 121 Å². The van der Waals surface area contributed by atoms with E-state index in [2.05, 4.69) is 0 Å². The Balaban J connectivity index is 1.26. The van der Waals surface area contributed by atoms with E-state index in [4.69, 9.17) is 38.9 Å². The van der Waals surface area contributed by atoms with E-state index in [1.807, 2.05) is 121 Å². The summed E-state index contributed by atoms with van der Waals surface area (Å²) in [5.74, 6) is -1.08. The molecule has 0 aromatic heterocycles. The average molecular weight is 726 g/mol. The van der Waals surface area contributed by atoms with Crippen LogP contribution in [0.25, 0.3) is 0 Å². The van der Waals surface area contributed by atoms with Gasteiger partial charge in [0.2, 0.25) is 6.29 Å². The van der Waals surface area contributed by atoms with Crippen molar-refractivity contribution >= 4 is 23.7 Å². The minimum Gasteiger partial charge on any atom is -0.466 e. The first-order valence-corrected chi connectivity index (χ1v) is 18.1. The number of ether oxygens (including phenoxy) is 7. The number of carbonyl (C=O) groups is 2. The number of rotatable bonds is 16. The van der Waals surface area contributed by atoms with Gasteiger partial charge in [0.15, 0.2) is 0 Å². The van der Waals surface area contributed by atoms with Gasteiger partial charge in [0.05, 0.1) is 33.5 Å². The Morgan fingerprint density at radius 2 is 1.21 bits per heavy atom. The van der Waals surface area contributed by atoms with Crippen molar-refractivity contribution in [2.75, 3.05) is 13.7 Å². The van der Waals surface area contributed by atoms with E-state index in [0.717, 1.165) is 22.3 Å². The van der Waals surface area contributed by atoms with Gasteiger partial charge >= 0.3 is 11.9 Å². The molecule has 2 aliphatic rings. The molecule has 2 heterocycles. The summed E-state index contributed by atoms with van der Waals surface area (Å²) in [6, 6.07) is 37.7. The van der Waals surface area contributed by atoms with Crippen LogP contribution in [0.5, 0.6) is 0 Å². The predicted octanol–water partition coefficient (Wildman–Crippen LogP) is 6.08. The van der Waals surface area contributed by atoms with Crippen LogP contribution < -0.4 is 5.73 Å². The lowest BCUT2D eigenvalue weighted by Gasteiger charge is -2.47. The van der Waals surface area contributed by atoms with Crippen molar-refractivity contribution in [3.8, 4) is 0 Å². The third kappa shape index (κ3) is 10.1. The molecule has 0 bridgehead atoms. The van der Waals surface area contributed by atoms with Crippen LogP contribution in [-0.4, -0.2) is 61.5 Å². The number of fused-ring (bicyclic) bond motifs is 1. The van der Waals surface area contributed by atoms with Crippen LogP contribution in [-0.2, 0) is 69.2 Å². The zero-order chi connectivity index (χ0) is 36.1. The summed E-state index contributed by atoms with van der Waals surface area (Å²) >= 11 is 1.21. The van der Waals surface area contributed by atoms with Gasteiger partial charge in [-0.2, -0.15) is 0 Å². The van der Waals surface area contributed by atoms with E-state index in [-0.39, 0.29) is 36.9 Å². The summed E-state index contributed by atoms with van der Waals surface area (Å²) < 4.78 is 43.3. The Morgan fingerprint density at radius 1 is 0.712 bits per heavy atom. The van der Waals surface area contributed by atoms with E-state index in [1.54, 1.807) is 0 Å². The number of hydrogen-bond acceptors (Lipinski definition) is 11. The van der Waals surface area contributed by atoms with Gasteiger partial charge in [-0.25, -0.2) is 4.79 Å². The Bertz CT molecular complexity index is 1740. The molecule has 0 amide bonds. The Kier molecular flexibility index (Phi) is 13.5. The summed E-state index contributed by atoms with van der Waals surface area (Å²) in [7, 11) is 1.29. The number of esters is 2. The van der Waals surface area contributed by atoms with Gasteiger partial charge < -0.3 is 38.9 Å². The fourth-order valence-corrected chi connectivity index (χ4v) is 7.25. The van der Waals surface area contributed by atoms with Gasteiger partial charge in [-0.05, 0) is 22.3 Å². The molecule has 1 saturated heterocycles. The molecular weight excluding hydrogens is 683 g/mol. The number of benzene rings is 4. The van der Waals surface area contributed by atoms with Crippen LogP contribution >= 0.6 is 11.8 Å². The first-order valence-electron chi connectivity index (χ1n) is 17.2. The van der Waals surface area contributed by atoms with Crippen molar-refractivity contribution in [3.05, 3.63) is 154 Å². The molecule has 0 radical (unpaired) electrons. The molecule has 52 heavy (non-hydrogen) atoms. The van der Waals surface area contributed by atoms with Gasteiger partial charge in [0.25, 0.3) is 0 Å². The molecule has 0 unspecified atom stereocenters. The average Bonchev–Trinajstić information content (AvgIpc) is 3.19. The number of hydrogen-bond donors (Lipinski definition) is 1. The minimum atomic E-state index is -1.11. The van der Waals surface area contributed by atoms with Crippen molar-refractivity contribution in [2.24, 2.45) is 5.73 Å². The number of carbonyl (C=O) groups excluding carboxylic acids is 2. The van der Waals surface area contributed by atoms with Crippen LogP contribution in [0.4, 0.5) is 0 Å². The van der Waals surface area contributed by atoms with Gasteiger partial charge in [0.1, 0.15) is 46.9 Å². The molecule has 6 rings (SSSR count). The van der Waals surface area contributed by atoms with Crippen LogP contribution in [0, 0.1) is 0 Å². The number of methoxy groups -OCH3 is 1. The quantitative estimate of drug-likeness (QED) is 0.135. The SMILES string of the molecule is COC(=O)C1=C(C[C@H](N)C(=O)OCc2ccccc2)O[C@H]2O[C@H](COCc3ccccc3)[C@@H](OCc3ccccc3)[C@H](OCc3ccccc3)[C@H]2S1. The van der Waals surface area contributed by atoms with Crippen LogP contribution in [0.15, 0.2) is 132 Å². The van der Waals surface area contributed by atoms with E-state index >= 15 is 0 Å². The molecule has 0 aliphatic carbocycles. The molecule has 1 fully saturated rings. The molecule has 6 atom stereocenters.